The van der Waals surface area contributed by atoms with Crippen LogP contribution in [-0.2, 0) is 0 Å². The van der Waals surface area contributed by atoms with Crippen LogP contribution in [0.3, 0.4) is 0 Å². The Labute approximate surface area is 136 Å². The van der Waals surface area contributed by atoms with Crippen molar-refractivity contribution in [2.45, 2.75) is 11.8 Å². The minimum Gasteiger partial charge on any atom is -0.321 e. The number of hydrogen-bond acceptors (Lipinski definition) is 4. The summed E-state index contributed by atoms with van der Waals surface area (Å²) in [5.74, 6) is -0.399. The smallest absolute Gasteiger partial charge is 0.274 e. The molecule has 0 aliphatic rings. The third-order valence-electron chi connectivity index (χ3n) is 3.17. The fourth-order valence-corrected chi connectivity index (χ4v) is 2.59. The number of carbonyl (C=O) groups excluding carboxylic acids is 1. The maximum absolute atomic E-state index is 12.4. The van der Waals surface area contributed by atoms with Crippen LogP contribution >= 0.6 is 23.4 Å². The highest BCUT2D eigenvalue weighted by Crippen LogP contribution is 2.27. The van der Waals surface area contributed by atoms with Gasteiger partial charge >= 0.3 is 0 Å². The van der Waals surface area contributed by atoms with E-state index >= 15 is 0 Å². The van der Waals surface area contributed by atoms with Crippen LogP contribution in [0.1, 0.15) is 15.9 Å². The molecule has 0 radical (unpaired) electrons. The first kappa shape index (κ1) is 16.3. The topological polar surface area (TPSA) is 72.2 Å². The van der Waals surface area contributed by atoms with Gasteiger partial charge in [-0.15, -0.1) is 11.8 Å². The third-order valence-corrected chi connectivity index (χ3v) is 4.22. The van der Waals surface area contributed by atoms with E-state index in [4.69, 9.17) is 11.6 Å². The standard InChI is InChI=1S/C15H13ClN2O3S/c1-9-13(4-3-5-14(9)18(20)21)17-15(19)11-8-10(22-2)6-7-12(11)16/h3-8H,1-2H3,(H,17,19). The minimum atomic E-state index is -0.480. The molecule has 0 atom stereocenters. The first-order chi connectivity index (χ1) is 10.4. The fourth-order valence-electron chi connectivity index (χ4n) is 1.95. The summed E-state index contributed by atoms with van der Waals surface area (Å²) in [6, 6.07) is 9.71. The molecule has 0 aliphatic carbocycles. The minimum absolute atomic E-state index is 0.0400. The molecule has 2 rings (SSSR count). The Morgan fingerprint density at radius 2 is 2.05 bits per heavy atom. The Hall–Kier alpha value is -2.05. The van der Waals surface area contributed by atoms with Gasteiger partial charge in [0.1, 0.15) is 0 Å². The number of benzene rings is 2. The Bertz CT molecular complexity index is 750. The number of nitro groups is 1. The molecule has 0 saturated heterocycles. The lowest BCUT2D eigenvalue weighted by molar-refractivity contribution is -0.385. The molecule has 22 heavy (non-hydrogen) atoms. The number of amides is 1. The van der Waals surface area contributed by atoms with Crippen molar-refractivity contribution in [2.24, 2.45) is 0 Å². The van der Waals surface area contributed by atoms with Gasteiger partial charge in [0, 0.05) is 11.0 Å². The van der Waals surface area contributed by atoms with Gasteiger partial charge in [-0.2, -0.15) is 0 Å². The van der Waals surface area contributed by atoms with E-state index in [1.807, 2.05) is 12.3 Å². The fraction of sp³-hybridized carbons (Fsp3) is 0.133. The van der Waals surface area contributed by atoms with Crippen molar-refractivity contribution in [3.8, 4) is 0 Å². The number of halogens is 1. The van der Waals surface area contributed by atoms with Gasteiger partial charge in [-0.1, -0.05) is 17.7 Å². The summed E-state index contributed by atoms with van der Waals surface area (Å²) < 4.78 is 0. The van der Waals surface area contributed by atoms with Crippen LogP contribution in [0.25, 0.3) is 0 Å². The van der Waals surface area contributed by atoms with Crippen LogP contribution in [0.15, 0.2) is 41.3 Å². The summed E-state index contributed by atoms with van der Waals surface area (Å²) in [4.78, 5) is 23.7. The van der Waals surface area contributed by atoms with Crippen molar-refractivity contribution in [1.82, 2.24) is 0 Å². The number of nitrogens with zero attached hydrogens (tertiary/aromatic N) is 1. The molecule has 0 fully saturated rings. The van der Waals surface area contributed by atoms with Crippen LogP contribution in [-0.4, -0.2) is 17.1 Å². The summed E-state index contributed by atoms with van der Waals surface area (Å²) in [5.41, 5.74) is 1.09. The lowest BCUT2D eigenvalue weighted by Crippen LogP contribution is -2.14. The summed E-state index contributed by atoms with van der Waals surface area (Å²) in [5, 5.41) is 13.9. The van der Waals surface area contributed by atoms with E-state index in [1.165, 1.54) is 23.9 Å². The van der Waals surface area contributed by atoms with Gasteiger partial charge in [-0.05, 0) is 37.4 Å². The Kier molecular flexibility index (Phi) is 5.05. The second-order valence-corrected chi connectivity index (χ2v) is 5.79. The highest BCUT2D eigenvalue weighted by Gasteiger charge is 2.17. The molecule has 2 aromatic rings. The molecule has 1 amide bonds. The Morgan fingerprint density at radius 3 is 2.68 bits per heavy atom. The zero-order valence-corrected chi connectivity index (χ0v) is 13.5. The maximum atomic E-state index is 12.4. The first-order valence-corrected chi connectivity index (χ1v) is 7.93. The van der Waals surface area contributed by atoms with E-state index in [0.29, 0.717) is 21.8 Å². The average molecular weight is 337 g/mol. The van der Waals surface area contributed by atoms with E-state index in [-0.39, 0.29) is 5.69 Å². The normalized spacial score (nSPS) is 10.3. The summed E-state index contributed by atoms with van der Waals surface area (Å²) >= 11 is 7.55. The number of carbonyl (C=O) groups is 1. The van der Waals surface area contributed by atoms with Gasteiger partial charge in [0.05, 0.1) is 26.8 Å². The van der Waals surface area contributed by atoms with Crippen LogP contribution in [0.2, 0.25) is 5.02 Å². The monoisotopic (exact) mass is 336 g/mol. The molecule has 5 nitrogen and oxygen atoms in total. The second-order valence-electron chi connectivity index (χ2n) is 4.51. The van der Waals surface area contributed by atoms with Gasteiger partial charge in [0.25, 0.3) is 11.6 Å². The van der Waals surface area contributed by atoms with Crippen molar-refractivity contribution in [2.75, 3.05) is 11.6 Å². The highest BCUT2D eigenvalue weighted by atomic mass is 35.5. The van der Waals surface area contributed by atoms with E-state index in [1.54, 1.807) is 25.1 Å². The predicted octanol–water partition coefficient (Wildman–Crippen LogP) is 4.53. The largest absolute Gasteiger partial charge is 0.321 e. The molecule has 2 aromatic carbocycles. The van der Waals surface area contributed by atoms with Gasteiger partial charge < -0.3 is 5.32 Å². The molecule has 114 valence electrons. The Morgan fingerprint density at radius 1 is 1.32 bits per heavy atom. The molecule has 0 aliphatic heterocycles. The van der Waals surface area contributed by atoms with Crippen molar-refractivity contribution in [3.63, 3.8) is 0 Å². The van der Waals surface area contributed by atoms with Crippen molar-refractivity contribution < 1.29 is 9.72 Å². The molecule has 0 saturated carbocycles. The van der Waals surface area contributed by atoms with Gasteiger partial charge in [0.15, 0.2) is 0 Å². The molecule has 7 heteroatoms. The zero-order valence-electron chi connectivity index (χ0n) is 11.9. The van der Waals surface area contributed by atoms with E-state index in [2.05, 4.69) is 5.32 Å². The van der Waals surface area contributed by atoms with Crippen LogP contribution in [0, 0.1) is 17.0 Å². The molecular weight excluding hydrogens is 324 g/mol. The number of thioether (sulfide) groups is 1. The number of rotatable bonds is 4. The van der Waals surface area contributed by atoms with Crippen molar-refractivity contribution in [3.05, 3.63) is 62.7 Å². The number of nitro benzene ring substituents is 1. The average Bonchev–Trinajstić information content (AvgIpc) is 2.49. The van der Waals surface area contributed by atoms with Crippen molar-refractivity contribution >= 4 is 40.6 Å². The molecular formula is C15H13ClN2O3S. The van der Waals surface area contributed by atoms with Gasteiger partial charge in [-0.25, -0.2) is 0 Å². The van der Waals surface area contributed by atoms with Gasteiger partial charge in [-0.3, -0.25) is 14.9 Å². The molecule has 0 unspecified atom stereocenters. The summed E-state index contributed by atoms with van der Waals surface area (Å²) in [6.07, 6.45) is 1.90. The number of nitrogens with one attached hydrogen (secondary N) is 1. The highest BCUT2D eigenvalue weighted by molar-refractivity contribution is 7.98. The predicted molar refractivity (Wildman–Crippen MR) is 89.0 cm³/mol. The lowest BCUT2D eigenvalue weighted by atomic mass is 10.1. The van der Waals surface area contributed by atoms with Crippen LogP contribution < -0.4 is 5.32 Å². The van der Waals surface area contributed by atoms with E-state index < -0.39 is 10.8 Å². The quantitative estimate of drug-likeness (QED) is 0.505. The third kappa shape index (κ3) is 3.40. The maximum Gasteiger partial charge on any atom is 0.274 e. The van der Waals surface area contributed by atoms with Crippen LogP contribution in [0.4, 0.5) is 11.4 Å². The second kappa shape index (κ2) is 6.81. The van der Waals surface area contributed by atoms with E-state index in [9.17, 15) is 14.9 Å². The molecule has 0 bridgehead atoms. The molecule has 1 N–H and O–H groups in total. The molecule has 0 aromatic heterocycles. The summed E-state index contributed by atoms with van der Waals surface area (Å²) in [7, 11) is 0. The van der Waals surface area contributed by atoms with Crippen LogP contribution in [0.5, 0.6) is 0 Å². The lowest BCUT2D eigenvalue weighted by Gasteiger charge is -2.10. The molecule has 0 spiro atoms. The number of hydrogen-bond donors (Lipinski definition) is 1. The Balaban J connectivity index is 2.34. The van der Waals surface area contributed by atoms with Gasteiger partial charge in [0.2, 0.25) is 0 Å². The SMILES string of the molecule is CSc1ccc(Cl)c(C(=O)Nc2cccc([N+](=O)[O-])c2C)c1. The summed E-state index contributed by atoms with van der Waals surface area (Å²) in [6.45, 7) is 1.59. The first-order valence-electron chi connectivity index (χ1n) is 6.33. The van der Waals surface area contributed by atoms with Crippen molar-refractivity contribution in [1.29, 1.82) is 0 Å². The molecule has 0 heterocycles. The zero-order chi connectivity index (χ0) is 16.3. The number of anilines is 1. The van der Waals surface area contributed by atoms with E-state index in [0.717, 1.165) is 4.90 Å².